The summed E-state index contributed by atoms with van der Waals surface area (Å²) in [7, 11) is 0. The highest BCUT2D eigenvalue weighted by Crippen LogP contribution is 1.99. The maximum atomic E-state index is 11.4. The summed E-state index contributed by atoms with van der Waals surface area (Å²) in [6.07, 6.45) is 0. The summed E-state index contributed by atoms with van der Waals surface area (Å²) in [6.45, 7) is 10.2. The third-order valence-corrected chi connectivity index (χ3v) is 2.23. The number of hydrogen-bond acceptors (Lipinski definition) is 3. The molecule has 1 amide bonds. The van der Waals surface area contributed by atoms with Crippen LogP contribution in [-0.4, -0.2) is 35.7 Å². The van der Waals surface area contributed by atoms with Crippen molar-refractivity contribution in [3.05, 3.63) is 0 Å². The van der Waals surface area contributed by atoms with Crippen molar-refractivity contribution in [2.24, 2.45) is 5.92 Å². The van der Waals surface area contributed by atoms with Gasteiger partial charge in [0.25, 0.3) is 0 Å². The largest absolute Gasteiger partial charge is 0.389 e. The van der Waals surface area contributed by atoms with E-state index in [4.69, 9.17) is 0 Å². The molecule has 0 aromatic rings. The molecule has 0 rings (SSSR count). The number of amides is 1. The molecule has 15 heavy (non-hydrogen) atoms. The van der Waals surface area contributed by atoms with Crippen LogP contribution in [0.2, 0.25) is 0 Å². The average Bonchev–Trinajstić information content (AvgIpc) is 2.01. The fourth-order valence-corrected chi connectivity index (χ4v) is 0.954. The second-order valence-electron chi connectivity index (χ2n) is 5.02. The number of nitrogens with one attached hydrogen (secondary N) is 2. The lowest BCUT2D eigenvalue weighted by atomic mass is 10.1. The van der Waals surface area contributed by atoms with Crippen LogP contribution in [0.25, 0.3) is 0 Å². The molecule has 3 N–H and O–H groups in total. The van der Waals surface area contributed by atoms with Gasteiger partial charge in [0.2, 0.25) is 5.91 Å². The first-order chi connectivity index (χ1) is 6.72. The molecule has 0 fully saturated rings. The van der Waals surface area contributed by atoms with E-state index >= 15 is 0 Å². The fraction of sp³-hybridized carbons (Fsp3) is 0.909. The quantitative estimate of drug-likeness (QED) is 0.606. The van der Waals surface area contributed by atoms with Crippen molar-refractivity contribution in [1.29, 1.82) is 0 Å². The zero-order chi connectivity index (χ0) is 12.1. The Balaban J connectivity index is 3.67. The monoisotopic (exact) mass is 216 g/mol. The standard InChI is InChI=1S/C11H24N2O2/c1-8(2)9(3)13-10(14)6-12-7-11(4,5)15/h8-9,12,15H,6-7H2,1-5H3,(H,13,14). The molecule has 4 heteroatoms. The molecule has 90 valence electrons. The Morgan fingerprint density at radius 2 is 1.87 bits per heavy atom. The van der Waals surface area contributed by atoms with Crippen LogP contribution >= 0.6 is 0 Å². The van der Waals surface area contributed by atoms with E-state index in [9.17, 15) is 9.90 Å². The van der Waals surface area contributed by atoms with Crippen LogP contribution < -0.4 is 10.6 Å². The summed E-state index contributed by atoms with van der Waals surface area (Å²) in [4.78, 5) is 11.4. The summed E-state index contributed by atoms with van der Waals surface area (Å²) in [5.41, 5.74) is -0.774. The van der Waals surface area contributed by atoms with Gasteiger partial charge in [-0.3, -0.25) is 4.79 Å². The van der Waals surface area contributed by atoms with E-state index in [1.165, 1.54) is 0 Å². The van der Waals surface area contributed by atoms with Gasteiger partial charge in [0.1, 0.15) is 0 Å². The number of carbonyl (C=O) groups excluding carboxylic acids is 1. The zero-order valence-corrected chi connectivity index (χ0v) is 10.4. The predicted octanol–water partition coefficient (Wildman–Crippen LogP) is 0.508. The van der Waals surface area contributed by atoms with Gasteiger partial charge in [-0.15, -0.1) is 0 Å². The lowest BCUT2D eigenvalue weighted by Gasteiger charge is -2.20. The molecule has 0 aliphatic carbocycles. The molecule has 0 saturated carbocycles. The van der Waals surface area contributed by atoms with E-state index in [1.807, 2.05) is 6.92 Å². The minimum absolute atomic E-state index is 0.0274. The third kappa shape index (κ3) is 8.39. The van der Waals surface area contributed by atoms with E-state index in [0.717, 1.165) is 0 Å². The van der Waals surface area contributed by atoms with Crippen molar-refractivity contribution >= 4 is 5.91 Å². The Hall–Kier alpha value is -0.610. The molecular weight excluding hydrogens is 192 g/mol. The molecule has 1 unspecified atom stereocenters. The van der Waals surface area contributed by atoms with Gasteiger partial charge < -0.3 is 15.7 Å². The number of hydrogen-bond donors (Lipinski definition) is 3. The zero-order valence-electron chi connectivity index (χ0n) is 10.4. The molecule has 0 aromatic carbocycles. The van der Waals surface area contributed by atoms with E-state index in [2.05, 4.69) is 24.5 Å². The molecule has 0 radical (unpaired) electrons. The number of carbonyl (C=O) groups is 1. The molecule has 0 aromatic heterocycles. The molecule has 0 aliphatic heterocycles. The van der Waals surface area contributed by atoms with Crippen LogP contribution in [-0.2, 0) is 4.79 Å². The third-order valence-electron chi connectivity index (χ3n) is 2.23. The molecular formula is C11H24N2O2. The number of rotatable bonds is 6. The first-order valence-corrected chi connectivity index (χ1v) is 5.45. The van der Waals surface area contributed by atoms with Gasteiger partial charge in [0, 0.05) is 12.6 Å². The summed E-state index contributed by atoms with van der Waals surface area (Å²) in [5.74, 6) is 0.406. The highest BCUT2D eigenvalue weighted by atomic mass is 16.3. The van der Waals surface area contributed by atoms with Crippen molar-refractivity contribution in [3.63, 3.8) is 0 Å². The summed E-state index contributed by atoms with van der Waals surface area (Å²) >= 11 is 0. The van der Waals surface area contributed by atoms with E-state index in [0.29, 0.717) is 12.5 Å². The van der Waals surface area contributed by atoms with Gasteiger partial charge >= 0.3 is 0 Å². The maximum Gasteiger partial charge on any atom is 0.234 e. The lowest BCUT2D eigenvalue weighted by Crippen LogP contribution is -2.44. The first kappa shape index (κ1) is 14.4. The molecule has 0 heterocycles. The van der Waals surface area contributed by atoms with Gasteiger partial charge in [-0.1, -0.05) is 13.8 Å². The Kier molecular flexibility index (Phi) is 5.83. The van der Waals surface area contributed by atoms with Crippen LogP contribution in [0.1, 0.15) is 34.6 Å². The molecule has 1 atom stereocenters. The molecule has 0 spiro atoms. The van der Waals surface area contributed by atoms with Crippen molar-refractivity contribution in [3.8, 4) is 0 Å². The Morgan fingerprint density at radius 1 is 1.33 bits per heavy atom. The minimum atomic E-state index is -0.774. The summed E-state index contributed by atoms with van der Waals surface area (Å²) in [5, 5.41) is 15.2. The van der Waals surface area contributed by atoms with Crippen molar-refractivity contribution in [2.75, 3.05) is 13.1 Å². The number of aliphatic hydroxyl groups is 1. The molecule has 0 bridgehead atoms. The van der Waals surface area contributed by atoms with Gasteiger partial charge in [0.05, 0.1) is 12.1 Å². The smallest absolute Gasteiger partial charge is 0.234 e. The van der Waals surface area contributed by atoms with E-state index < -0.39 is 5.60 Å². The van der Waals surface area contributed by atoms with Crippen molar-refractivity contribution in [1.82, 2.24) is 10.6 Å². The highest BCUT2D eigenvalue weighted by Gasteiger charge is 2.14. The van der Waals surface area contributed by atoms with Gasteiger partial charge in [0.15, 0.2) is 0 Å². The maximum absolute atomic E-state index is 11.4. The van der Waals surface area contributed by atoms with Gasteiger partial charge in [-0.2, -0.15) is 0 Å². The normalized spacial score (nSPS) is 14.1. The predicted molar refractivity (Wildman–Crippen MR) is 61.6 cm³/mol. The van der Waals surface area contributed by atoms with E-state index in [-0.39, 0.29) is 18.5 Å². The summed E-state index contributed by atoms with van der Waals surface area (Å²) < 4.78 is 0. The minimum Gasteiger partial charge on any atom is -0.389 e. The Bertz CT molecular complexity index is 197. The van der Waals surface area contributed by atoms with Crippen LogP contribution in [0.15, 0.2) is 0 Å². The van der Waals surface area contributed by atoms with Crippen molar-refractivity contribution < 1.29 is 9.90 Å². The topological polar surface area (TPSA) is 61.4 Å². The molecule has 0 aliphatic rings. The van der Waals surface area contributed by atoms with Crippen LogP contribution in [0.4, 0.5) is 0 Å². The second kappa shape index (κ2) is 6.08. The lowest BCUT2D eigenvalue weighted by molar-refractivity contribution is -0.121. The van der Waals surface area contributed by atoms with Crippen LogP contribution in [0.5, 0.6) is 0 Å². The SMILES string of the molecule is CC(C)C(C)NC(=O)CNCC(C)(C)O. The van der Waals surface area contributed by atoms with E-state index in [1.54, 1.807) is 13.8 Å². The Morgan fingerprint density at radius 3 is 2.27 bits per heavy atom. The van der Waals surface area contributed by atoms with Gasteiger partial charge in [-0.05, 0) is 26.7 Å². The Labute approximate surface area is 92.4 Å². The second-order valence-corrected chi connectivity index (χ2v) is 5.02. The molecule has 4 nitrogen and oxygen atoms in total. The summed E-state index contributed by atoms with van der Waals surface area (Å²) in [6, 6.07) is 0.182. The highest BCUT2D eigenvalue weighted by molar-refractivity contribution is 5.78. The average molecular weight is 216 g/mol. The van der Waals surface area contributed by atoms with Crippen molar-refractivity contribution in [2.45, 2.75) is 46.3 Å². The first-order valence-electron chi connectivity index (χ1n) is 5.45. The van der Waals surface area contributed by atoms with Crippen LogP contribution in [0, 0.1) is 5.92 Å². The molecule has 0 saturated heterocycles. The van der Waals surface area contributed by atoms with Gasteiger partial charge in [-0.25, -0.2) is 0 Å². The fourth-order valence-electron chi connectivity index (χ4n) is 0.954. The van der Waals surface area contributed by atoms with Crippen LogP contribution in [0.3, 0.4) is 0 Å².